The molecule has 0 radical (unpaired) electrons. The molecule has 158 valence electrons. The van der Waals surface area contributed by atoms with Crippen molar-refractivity contribution in [2.45, 2.75) is 33.2 Å². The highest BCUT2D eigenvalue weighted by molar-refractivity contribution is 7.92. The molecular weight excluding hydrogens is 392 g/mol. The molecule has 8 heteroatoms. The maximum Gasteiger partial charge on any atom is 0.248 e. The van der Waals surface area contributed by atoms with Crippen LogP contribution in [0.15, 0.2) is 48.5 Å². The number of nitrogens with one attached hydrogen (secondary N) is 1. The minimum atomic E-state index is -3.69. The maximum atomic E-state index is 12.9. The average molecular weight is 421 g/mol. The van der Waals surface area contributed by atoms with Crippen LogP contribution in [-0.2, 0) is 14.8 Å². The van der Waals surface area contributed by atoms with Gasteiger partial charge in [0.1, 0.15) is 17.5 Å². The molecule has 0 aliphatic carbocycles. The van der Waals surface area contributed by atoms with E-state index >= 15 is 0 Å². The molecule has 0 spiro atoms. The van der Waals surface area contributed by atoms with Gasteiger partial charge in [-0.15, -0.1) is 0 Å². The van der Waals surface area contributed by atoms with Gasteiger partial charge in [-0.05, 0) is 68.8 Å². The first-order chi connectivity index (χ1) is 13.8. The Labute approximate surface area is 172 Å². The van der Waals surface area contributed by atoms with Crippen molar-refractivity contribution in [3.05, 3.63) is 48.5 Å². The Kier molecular flexibility index (Phi) is 7.90. The summed E-state index contributed by atoms with van der Waals surface area (Å²) in [5.41, 5.74) is 0.974. The number of carbonyl (C=O) groups is 1. The van der Waals surface area contributed by atoms with Crippen molar-refractivity contribution in [1.29, 1.82) is 0 Å². The van der Waals surface area contributed by atoms with E-state index in [4.69, 9.17) is 9.47 Å². The molecule has 0 aliphatic heterocycles. The number of amides is 1. The molecule has 1 amide bonds. The van der Waals surface area contributed by atoms with Crippen molar-refractivity contribution in [3.8, 4) is 11.5 Å². The molecule has 0 aromatic heterocycles. The predicted molar refractivity (Wildman–Crippen MR) is 115 cm³/mol. The number of carbonyl (C=O) groups excluding carboxylic acids is 1. The molecule has 2 aromatic rings. The molecule has 2 aromatic carbocycles. The van der Waals surface area contributed by atoms with E-state index < -0.39 is 22.0 Å². The lowest BCUT2D eigenvalue weighted by Gasteiger charge is -2.30. The summed E-state index contributed by atoms with van der Waals surface area (Å²) < 4.78 is 37.0. The molecule has 1 N–H and O–H groups in total. The van der Waals surface area contributed by atoms with Gasteiger partial charge in [-0.1, -0.05) is 6.92 Å². The number of ether oxygens (including phenoxy) is 2. The smallest absolute Gasteiger partial charge is 0.248 e. The third-order valence-corrected chi connectivity index (χ3v) is 5.34. The molecule has 0 aliphatic rings. The second-order valence-electron chi connectivity index (χ2n) is 6.36. The zero-order valence-corrected chi connectivity index (χ0v) is 18.0. The fraction of sp³-hybridized carbons (Fsp3) is 0.381. The Morgan fingerprint density at radius 1 is 0.931 bits per heavy atom. The van der Waals surface area contributed by atoms with Gasteiger partial charge in [0.2, 0.25) is 15.9 Å². The molecule has 0 bridgehead atoms. The van der Waals surface area contributed by atoms with Crippen LogP contribution >= 0.6 is 0 Å². The van der Waals surface area contributed by atoms with Crippen LogP contribution in [0.2, 0.25) is 0 Å². The van der Waals surface area contributed by atoms with Crippen molar-refractivity contribution >= 4 is 27.3 Å². The van der Waals surface area contributed by atoms with E-state index in [-0.39, 0.29) is 0 Å². The van der Waals surface area contributed by atoms with Gasteiger partial charge >= 0.3 is 0 Å². The van der Waals surface area contributed by atoms with E-state index in [1.807, 2.05) is 13.8 Å². The predicted octanol–water partition coefficient (Wildman–Crippen LogP) is 3.67. The molecule has 2 rings (SSSR count). The monoisotopic (exact) mass is 420 g/mol. The van der Waals surface area contributed by atoms with Crippen molar-refractivity contribution in [3.63, 3.8) is 0 Å². The lowest BCUT2D eigenvalue weighted by atomic mass is 10.1. The van der Waals surface area contributed by atoms with Gasteiger partial charge in [0.25, 0.3) is 0 Å². The van der Waals surface area contributed by atoms with Crippen LogP contribution in [-0.4, -0.2) is 39.8 Å². The Bertz CT molecular complexity index is 896. The van der Waals surface area contributed by atoms with Crippen LogP contribution in [0.4, 0.5) is 11.4 Å². The molecule has 7 nitrogen and oxygen atoms in total. The van der Waals surface area contributed by atoms with Crippen LogP contribution in [0.1, 0.15) is 27.2 Å². The zero-order chi connectivity index (χ0) is 21.4. The summed E-state index contributed by atoms with van der Waals surface area (Å²) in [6, 6.07) is 12.7. The first-order valence-electron chi connectivity index (χ1n) is 9.56. The standard InChI is InChI=1S/C21H28N2O5S/c1-5-20(21(24)22-16-8-12-18(13-9-16)27-6-2)23(29(4,25)26)17-10-14-19(15-11-17)28-7-3/h8-15,20H,5-7H2,1-4H3,(H,22,24)/t20-/m1/s1. The van der Waals surface area contributed by atoms with E-state index in [2.05, 4.69) is 5.32 Å². The first-order valence-corrected chi connectivity index (χ1v) is 11.4. The van der Waals surface area contributed by atoms with Crippen LogP contribution in [0.5, 0.6) is 11.5 Å². The number of sulfonamides is 1. The van der Waals surface area contributed by atoms with Crippen molar-refractivity contribution in [2.75, 3.05) is 29.1 Å². The quantitative estimate of drug-likeness (QED) is 0.634. The van der Waals surface area contributed by atoms with Gasteiger partial charge in [-0.25, -0.2) is 8.42 Å². The molecular formula is C21H28N2O5S. The van der Waals surface area contributed by atoms with Gasteiger partial charge in [0.05, 0.1) is 25.2 Å². The maximum absolute atomic E-state index is 12.9. The van der Waals surface area contributed by atoms with Gasteiger partial charge in [-0.3, -0.25) is 9.10 Å². The Hall–Kier alpha value is -2.74. The summed E-state index contributed by atoms with van der Waals surface area (Å²) in [5.74, 6) is 0.928. The number of rotatable bonds is 10. The number of anilines is 2. The van der Waals surface area contributed by atoms with Crippen LogP contribution in [0, 0.1) is 0 Å². The summed E-state index contributed by atoms with van der Waals surface area (Å²) in [6.07, 6.45) is 1.40. The summed E-state index contributed by atoms with van der Waals surface area (Å²) in [7, 11) is -3.69. The highest BCUT2D eigenvalue weighted by Gasteiger charge is 2.31. The second kappa shape index (κ2) is 10.2. The highest BCUT2D eigenvalue weighted by Crippen LogP contribution is 2.26. The molecule has 29 heavy (non-hydrogen) atoms. The SMILES string of the molecule is CCOc1ccc(NC(=O)[C@@H](CC)N(c2ccc(OCC)cc2)S(C)(=O)=O)cc1. The van der Waals surface area contributed by atoms with Crippen molar-refractivity contribution in [2.24, 2.45) is 0 Å². The van der Waals surface area contributed by atoms with Crippen LogP contribution in [0.25, 0.3) is 0 Å². The number of benzene rings is 2. The summed E-state index contributed by atoms with van der Waals surface area (Å²) in [5, 5.41) is 2.79. The molecule has 0 saturated carbocycles. The zero-order valence-electron chi connectivity index (χ0n) is 17.2. The molecule has 0 heterocycles. The van der Waals surface area contributed by atoms with Crippen molar-refractivity contribution in [1.82, 2.24) is 0 Å². The summed E-state index contributed by atoms with van der Waals surface area (Å²) >= 11 is 0. The van der Waals surface area contributed by atoms with E-state index in [0.29, 0.717) is 42.5 Å². The Balaban J connectivity index is 2.26. The molecule has 0 saturated heterocycles. The second-order valence-corrected chi connectivity index (χ2v) is 8.22. The lowest BCUT2D eigenvalue weighted by Crippen LogP contribution is -2.46. The van der Waals surface area contributed by atoms with Crippen molar-refractivity contribution < 1.29 is 22.7 Å². The van der Waals surface area contributed by atoms with E-state index in [1.54, 1.807) is 55.5 Å². The summed E-state index contributed by atoms with van der Waals surface area (Å²) in [6.45, 7) is 6.60. The first kappa shape index (κ1) is 22.5. The van der Waals surface area contributed by atoms with E-state index in [9.17, 15) is 13.2 Å². The van der Waals surface area contributed by atoms with Gasteiger partial charge in [0, 0.05) is 5.69 Å². The lowest BCUT2D eigenvalue weighted by molar-refractivity contribution is -0.117. The number of hydrogen-bond acceptors (Lipinski definition) is 5. The molecule has 1 atom stereocenters. The molecule has 0 unspecified atom stereocenters. The van der Waals surface area contributed by atoms with E-state index in [1.165, 1.54) is 0 Å². The van der Waals surface area contributed by atoms with Crippen LogP contribution < -0.4 is 19.1 Å². The average Bonchev–Trinajstić information content (AvgIpc) is 2.68. The minimum absolute atomic E-state index is 0.309. The van der Waals surface area contributed by atoms with Gasteiger partial charge in [-0.2, -0.15) is 0 Å². The summed E-state index contributed by atoms with van der Waals surface area (Å²) in [4.78, 5) is 12.9. The normalized spacial score (nSPS) is 12.1. The highest BCUT2D eigenvalue weighted by atomic mass is 32.2. The Morgan fingerprint density at radius 3 is 1.83 bits per heavy atom. The fourth-order valence-corrected chi connectivity index (χ4v) is 4.15. The topological polar surface area (TPSA) is 84.9 Å². The fourth-order valence-electron chi connectivity index (χ4n) is 2.94. The number of nitrogens with zero attached hydrogens (tertiary/aromatic N) is 1. The van der Waals surface area contributed by atoms with Gasteiger partial charge in [0.15, 0.2) is 0 Å². The van der Waals surface area contributed by atoms with Crippen LogP contribution in [0.3, 0.4) is 0 Å². The minimum Gasteiger partial charge on any atom is -0.494 e. The molecule has 0 fully saturated rings. The third-order valence-electron chi connectivity index (χ3n) is 4.16. The third kappa shape index (κ3) is 6.12. The number of hydrogen-bond donors (Lipinski definition) is 1. The van der Waals surface area contributed by atoms with E-state index in [0.717, 1.165) is 10.6 Å². The van der Waals surface area contributed by atoms with Gasteiger partial charge < -0.3 is 14.8 Å². The largest absolute Gasteiger partial charge is 0.494 e. The Morgan fingerprint density at radius 2 is 1.41 bits per heavy atom.